The van der Waals surface area contributed by atoms with Crippen molar-refractivity contribution in [3.8, 4) is 0 Å². The first-order valence-corrected chi connectivity index (χ1v) is 13.1. The van der Waals surface area contributed by atoms with Gasteiger partial charge in [0.05, 0.1) is 22.5 Å². The van der Waals surface area contributed by atoms with Crippen molar-refractivity contribution in [3.63, 3.8) is 0 Å². The molecular weight excluding hydrogens is 532 g/mol. The molecule has 0 unspecified atom stereocenters. The van der Waals surface area contributed by atoms with Gasteiger partial charge in [-0.3, -0.25) is 19.2 Å². The average molecular weight is 551 g/mol. The van der Waals surface area contributed by atoms with Gasteiger partial charge in [-0.05, 0) is 59.0 Å². The summed E-state index contributed by atoms with van der Waals surface area (Å²) in [6.45, 7) is 0. The van der Waals surface area contributed by atoms with Crippen molar-refractivity contribution in [1.29, 1.82) is 0 Å². The fourth-order valence-electron chi connectivity index (χ4n) is 5.66. The number of carbonyl (C=O) groups is 4. The standard InChI is InChI=1S/C32H18N6O4/c39-29-17-9-1-5-13-21(17)33-25(29)27-31(41)19-11-3-7-15-23(19)37(27)35-36-38-24-16-8-4-12-20(24)32(42)28(38)26-30(40)18-10-2-6-14-22(18)34-26/h1-16,33-34H/b27-25-,28-26-,36-35+. The van der Waals surface area contributed by atoms with E-state index in [0.717, 1.165) is 0 Å². The maximum absolute atomic E-state index is 13.7. The van der Waals surface area contributed by atoms with Crippen molar-refractivity contribution in [3.05, 3.63) is 142 Å². The molecule has 200 valence electrons. The Labute approximate surface area is 238 Å². The van der Waals surface area contributed by atoms with Crippen LogP contribution in [-0.4, -0.2) is 23.1 Å². The fourth-order valence-corrected chi connectivity index (χ4v) is 5.66. The van der Waals surface area contributed by atoms with Crippen molar-refractivity contribution in [1.82, 2.24) is 0 Å². The molecule has 0 amide bonds. The minimum absolute atomic E-state index is 0.0108. The number of fused-ring (bicyclic) bond motifs is 4. The van der Waals surface area contributed by atoms with Crippen molar-refractivity contribution >= 4 is 45.9 Å². The summed E-state index contributed by atoms with van der Waals surface area (Å²) >= 11 is 0. The quantitative estimate of drug-likeness (QED) is 0.240. The second kappa shape index (κ2) is 8.67. The van der Waals surface area contributed by atoms with E-state index in [1.54, 1.807) is 97.1 Å². The van der Waals surface area contributed by atoms with Gasteiger partial charge in [0, 0.05) is 22.5 Å². The molecule has 10 heteroatoms. The topological polar surface area (TPSA) is 124 Å². The Kier molecular flexibility index (Phi) is 4.89. The molecule has 0 bridgehead atoms. The zero-order valence-corrected chi connectivity index (χ0v) is 21.7. The predicted octanol–water partition coefficient (Wildman–Crippen LogP) is 5.71. The molecule has 0 spiro atoms. The van der Waals surface area contributed by atoms with E-state index in [0.29, 0.717) is 45.0 Å². The molecule has 0 fully saturated rings. The van der Waals surface area contributed by atoms with Crippen LogP contribution in [0.25, 0.3) is 0 Å². The van der Waals surface area contributed by atoms with Gasteiger partial charge in [-0.1, -0.05) is 48.5 Å². The highest BCUT2D eigenvalue weighted by Crippen LogP contribution is 2.42. The Bertz CT molecular complexity index is 1900. The van der Waals surface area contributed by atoms with Gasteiger partial charge in [-0.15, -0.1) is 0 Å². The van der Waals surface area contributed by atoms with Gasteiger partial charge < -0.3 is 10.6 Å². The van der Waals surface area contributed by atoms with Crippen molar-refractivity contribution in [2.24, 2.45) is 10.4 Å². The van der Waals surface area contributed by atoms with Crippen molar-refractivity contribution < 1.29 is 19.2 Å². The maximum atomic E-state index is 13.7. The summed E-state index contributed by atoms with van der Waals surface area (Å²) in [5.74, 6) is -1.48. The van der Waals surface area contributed by atoms with Gasteiger partial charge in [-0.2, -0.15) is 0 Å². The molecule has 0 radical (unpaired) electrons. The highest BCUT2D eigenvalue weighted by molar-refractivity contribution is 6.29. The molecule has 42 heavy (non-hydrogen) atoms. The van der Waals surface area contributed by atoms with E-state index >= 15 is 0 Å². The van der Waals surface area contributed by atoms with Crippen LogP contribution in [0, 0.1) is 0 Å². The van der Waals surface area contributed by atoms with E-state index in [-0.39, 0.29) is 34.4 Å². The number of allylic oxidation sites excluding steroid dienone is 4. The van der Waals surface area contributed by atoms with Crippen LogP contribution in [0.15, 0.2) is 130 Å². The van der Waals surface area contributed by atoms with Crippen LogP contribution in [0.3, 0.4) is 0 Å². The number of nitrogens with zero attached hydrogens (tertiary/aromatic N) is 4. The lowest BCUT2D eigenvalue weighted by atomic mass is 10.1. The smallest absolute Gasteiger partial charge is 0.215 e. The average Bonchev–Trinajstić information content (AvgIpc) is 3.71. The summed E-state index contributed by atoms with van der Waals surface area (Å²) in [4.78, 5) is 54.1. The first-order chi connectivity index (χ1) is 20.5. The monoisotopic (exact) mass is 550 g/mol. The molecule has 4 aromatic carbocycles. The minimum Gasteiger partial charge on any atom is -0.350 e. The lowest BCUT2D eigenvalue weighted by molar-refractivity contribution is 0.101. The van der Waals surface area contributed by atoms with E-state index in [2.05, 4.69) is 21.1 Å². The Morgan fingerprint density at radius 1 is 0.429 bits per heavy atom. The fraction of sp³-hybridized carbons (Fsp3) is 0. The highest BCUT2D eigenvalue weighted by Gasteiger charge is 2.42. The van der Waals surface area contributed by atoms with Gasteiger partial charge in [0.15, 0.2) is 0 Å². The Hall–Kier alpha value is -6.16. The van der Waals surface area contributed by atoms with Crippen LogP contribution in [-0.2, 0) is 0 Å². The molecule has 4 aliphatic rings. The Balaban J connectivity index is 1.28. The lowest BCUT2D eigenvalue weighted by Crippen LogP contribution is -2.23. The van der Waals surface area contributed by atoms with E-state index in [4.69, 9.17) is 0 Å². The van der Waals surface area contributed by atoms with E-state index in [1.165, 1.54) is 10.0 Å². The number of carbonyl (C=O) groups excluding carboxylic acids is 4. The second-order valence-corrected chi connectivity index (χ2v) is 9.94. The van der Waals surface area contributed by atoms with Crippen LogP contribution < -0.4 is 20.7 Å². The van der Waals surface area contributed by atoms with Gasteiger partial charge >= 0.3 is 0 Å². The number of benzene rings is 4. The predicted molar refractivity (Wildman–Crippen MR) is 154 cm³/mol. The van der Waals surface area contributed by atoms with E-state index in [9.17, 15) is 19.2 Å². The van der Waals surface area contributed by atoms with Crippen molar-refractivity contribution in [2.45, 2.75) is 0 Å². The van der Waals surface area contributed by atoms with Crippen molar-refractivity contribution in [2.75, 3.05) is 20.7 Å². The number of Topliss-reactive ketones (excluding diaryl/α,β-unsaturated/α-hetero) is 4. The largest absolute Gasteiger partial charge is 0.350 e. The molecule has 2 N–H and O–H groups in total. The second-order valence-electron chi connectivity index (χ2n) is 9.94. The molecule has 4 heterocycles. The maximum Gasteiger partial charge on any atom is 0.215 e. The van der Waals surface area contributed by atoms with Gasteiger partial charge in [0.2, 0.25) is 23.1 Å². The zero-order valence-electron chi connectivity index (χ0n) is 21.7. The van der Waals surface area contributed by atoms with Gasteiger partial charge in [0.1, 0.15) is 22.8 Å². The molecule has 0 atom stereocenters. The third kappa shape index (κ3) is 3.20. The number of anilines is 4. The Morgan fingerprint density at radius 3 is 1.19 bits per heavy atom. The number of para-hydroxylation sites is 4. The molecule has 0 aromatic heterocycles. The molecule has 0 saturated heterocycles. The molecule has 8 rings (SSSR count). The summed E-state index contributed by atoms with van der Waals surface area (Å²) in [7, 11) is 0. The molecular formula is C32H18N6O4. The van der Waals surface area contributed by atoms with E-state index < -0.39 is 11.6 Å². The number of hydrogen-bond acceptors (Lipinski definition) is 8. The van der Waals surface area contributed by atoms with E-state index in [1.807, 2.05) is 0 Å². The molecule has 10 nitrogen and oxygen atoms in total. The first kappa shape index (κ1) is 23.7. The van der Waals surface area contributed by atoms with Crippen LogP contribution in [0.2, 0.25) is 0 Å². The van der Waals surface area contributed by atoms with Gasteiger partial charge in [0.25, 0.3) is 0 Å². The van der Waals surface area contributed by atoms with Crippen LogP contribution >= 0.6 is 0 Å². The molecule has 4 aromatic rings. The SMILES string of the molecule is O=C1/C(=C2\C(=O)c3ccccc3N2/N=N/N2/C(=C3\Nc4ccccc4C3=O)C(=O)c3ccccc32)Nc2ccccc21. The molecule has 0 saturated carbocycles. The summed E-state index contributed by atoms with van der Waals surface area (Å²) < 4.78 is 0. The summed E-state index contributed by atoms with van der Waals surface area (Å²) in [6.07, 6.45) is 0. The summed E-state index contributed by atoms with van der Waals surface area (Å²) in [6, 6.07) is 27.6. The lowest BCUT2D eigenvalue weighted by Gasteiger charge is -2.18. The van der Waals surface area contributed by atoms with Crippen LogP contribution in [0.5, 0.6) is 0 Å². The van der Waals surface area contributed by atoms with Crippen LogP contribution in [0.4, 0.5) is 22.7 Å². The summed E-state index contributed by atoms with van der Waals surface area (Å²) in [5, 5.41) is 17.6. The minimum atomic E-state index is -0.396. The Morgan fingerprint density at radius 2 is 0.786 bits per heavy atom. The number of ketones is 4. The number of hydrogen-bond donors (Lipinski definition) is 2. The highest BCUT2D eigenvalue weighted by atomic mass is 16.2. The number of rotatable bonds is 2. The van der Waals surface area contributed by atoms with Crippen LogP contribution in [0.1, 0.15) is 41.4 Å². The zero-order chi connectivity index (χ0) is 28.5. The first-order valence-electron chi connectivity index (χ1n) is 13.1. The third-order valence-corrected chi connectivity index (χ3v) is 7.62. The number of nitrogens with one attached hydrogen (secondary N) is 2. The van der Waals surface area contributed by atoms with Gasteiger partial charge in [-0.25, -0.2) is 10.0 Å². The third-order valence-electron chi connectivity index (χ3n) is 7.62. The summed E-state index contributed by atoms with van der Waals surface area (Å²) in [5.41, 5.74) is 3.79. The molecule has 0 aliphatic carbocycles. The molecule has 4 aliphatic heterocycles. The normalized spacial score (nSPS) is 20.2.